The molecule has 0 aliphatic carbocycles. The van der Waals surface area contributed by atoms with Crippen molar-refractivity contribution in [2.24, 2.45) is 0 Å². The number of nitrogens with one attached hydrogen (secondary N) is 2. The van der Waals surface area contributed by atoms with Gasteiger partial charge in [0, 0.05) is 31.3 Å². The van der Waals surface area contributed by atoms with E-state index in [1.165, 1.54) is 0 Å². The number of pyridine rings is 1. The summed E-state index contributed by atoms with van der Waals surface area (Å²) in [5.41, 5.74) is 12.0. The number of nitrogen functional groups attached to an aromatic ring is 1. The molecule has 0 bridgehead atoms. The van der Waals surface area contributed by atoms with Crippen molar-refractivity contribution < 1.29 is 9.59 Å². The molecule has 0 aliphatic rings. The van der Waals surface area contributed by atoms with E-state index < -0.39 is 0 Å². The molecule has 4 rings (SSSR count). The summed E-state index contributed by atoms with van der Waals surface area (Å²) in [6.07, 6.45) is 3.39. The molecular formula is C28H26N4O2. The second-order valence-corrected chi connectivity index (χ2v) is 7.97. The second kappa shape index (κ2) is 10.9. The van der Waals surface area contributed by atoms with Crippen LogP contribution >= 0.6 is 0 Å². The van der Waals surface area contributed by atoms with Crippen LogP contribution in [0.5, 0.6) is 0 Å². The van der Waals surface area contributed by atoms with Crippen LogP contribution < -0.4 is 16.4 Å². The number of urea groups is 1. The quantitative estimate of drug-likeness (QED) is 0.337. The van der Waals surface area contributed by atoms with E-state index in [0.29, 0.717) is 24.3 Å². The van der Waals surface area contributed by atoms with Gasteiger partial charge in [-0.1, -0.05) is 78.9 Å². The zero-order valence-electron chi connectivity index (χ0n) is 18.7. The number of ketones is 1. The Morgan fingerprint density at radius 3 is 1.94 bits per heavy atom. The number of amides is 2. The lowest BCUT2D eigenvalue weighted by Crippen LogP contribution is -2.34. The normalized spacial score (nSPS) is 10.5. The minimum absolute atomic E-state index is 0.0200. The molecule has 3 aromatic carbocycles. The molecule has 34 heavy (non-hydrogen) atoms. The van der Waals surface area contributed by atoms with Gasteiger partial charge in [0.05, 0.1) is 11.9 Å². The van der Waals surface area contributed by atoms with Gasteiger partial charge in [0.1, 0.15) is 0 Å². The van der Waals surface area contributed by atoms with Gasteiger partial charge in [-0.25, -0.2) is 4.79 Å². The molecule has 1 heterocycles. The molecule has 4 N–H and O–H groups in total. The average molecular weight is 451 g/mol. The highest BCUT2D eigenvalue weighted by atomic mass is 16.2. The van der Waals surface area contributed by atoms with Gasteiger partial charge in [0.2, 0.25) is 0 Å². The summed E-state index contributed by atoms with van der Waals surface area (Å²) >= 11 is 0. The minimum atomic E-state index is -0.250. The number of nitrogens with two attached hydrogens (primary N) is 1. The van der Waals surface area contributed by atoms with Gasteiger partial charge in [-0.05, 0) is 33.9 Å². The molecule has 0 saturated carbocycles. The maximum Gasteiger partial charge on any atom is 0.315 e. The standard InChI is InChI=1S/C28H26N4O2/c29-26-19-30-15-14-25(26)16-27(33)24-12-8-21(9-13-24)18-32-28(34)31-17-20-6-10-23(11-7-20)22-4-2-1-3-5-22/h1-15,19H,16-18,29H2,(H2,31,32,34). The van der Waals surface area contributed by atoms with E-state index in [2.05, 4.69) is 39.9 Å². The molecule has 0 unspecified atom stereocenters. The Bertz CT molecular complexity index is 1250. The van der Waals surface area contributed by atoms with Crippen molar-refractivity contribution in [2.75, 3.05) is 5.73 Å². The summed E-state index contributed by atoms with van der Waals surface area (Å²) in [5.74, 6) is -0.0200. The first-order valence-corrected chi connectivity index (χ1v) is 11.0. The Kier molecular flexibility index (Phi) is 7.30. The predicted octanol–water partition coefficient (Wildman–Crippen LogP) is 4.76. The number of aromatic nitrogens is 1. The number of rotatable bonds is 8. The van der Waals surface area contributed by atoms with Crippen molar-refractivity contribution in [3.8, 4) is 11.1 Å². The van der Waals surface area contributed by atoms with E-state index in [0.717, 1.165) is 27.8 Å². The summed E-state index contributed by atoms with van der Waals surface area (Å²) in [6.45, 7) is 0.803. The lowest BCUT2D eigenvalue weighted by atomic mass is 10.0. The lowest BCUT2D eigenvalue weighted by molar-refractivity contribution is 0.0993. The average Bonchev–Trinajstić information content (AvgIpc) is 2.88. The Labute approximate surface area is 198 Å². The number of Topliss-reactive ketones (excluding diaryl/α,β-unsaturated/α-hetero) is 1. The number of hydrogen-bond donors (Lipinski definition) is 3. The summed E-state index contributed by atoms with van der Waals surface area (Å²) in [4.78, 5) is 28.6. The smallest absolute Gasteiger partial charge is 0.315 e. The van der Waals surface area contributed by atoms with Gasteiger partial charge >= 0.3 is 6.03 Å². The maximum atomic E-state index is 12.5. The van der Waals surface area contributed by atoms with E-state index in [1.807, 2.05) is 42.5 Å². The Morgan fingerprint density at radius 1 is 0.735 bits per heavy atom. The highest BCUT2D eigenvalue weighted by molar-refractivity contribution is 5.98. The van der Waals surface area contributed by atoms with Crippen LogP contribution in [0.3, 0.4) is 0 Å². The number of carbonyl (C=O) groups is 2. The van der Waals surface area contributed by atoms with Crippen molar-refractivity contribution in [3.63, 3.8) is 0 Å². The van der Waals surface area contributed by atoms with Gasteiger partial charge in [0.15, 0.2) is 5.78 Å². The van der Waals surface area contributed by atoms with Crippen molar-refractivity contribution in [1.29, 1.82) is 0 Å². The number of benzene rings is 3. The molecule has 0 atom stereocenters. The fraction of sp³-hybridized carbons (Fsp3) is 0.107. The van der Waals surface area contributed by atoms with Gasteiger partial charge in [0.25, 0.3) is 0 Å². The van der Waals surface area contributed by atoms with Crippen LogP contribution in [0.4, 0.5) is 10.5 Å². The van der Waals surface area contributed by atoms with Crippen LogP contribution in [0.2, 0.25) is 0 Å². The highest BCUT2D eigenvalue weighted by Crippen LogP contribution is 2.19. The second-order valence-electron chi connectivity index (χ2n) is 7.97. The third-order valence-corrected chi connectivity index (χ3v) is 5.54. The van der Waals surface area contributed by atoms with Crippen molar-refractivity contribution in [1.82, 2.24) is 15.6 Å². The van der Waals surface area contributed by atoms with Gasteiger partial charge in [-0.3, -0.25) is 9.78 Å². The number of anilines is 1. The Morgan fingerprint density at radius 2 is 1.32 bits per heavy atom. The number of carbonyl (C=O) groups excluding carboxylic acids is 2. The van der Waals surface area contributed by atoms with E-state index >= 15 is 0 Å². The van der Waals surface area contributed by atoms with E-state index in [4.69, 9.17) is 5.73 Å². The number of hydrogen-bond acceptors (Lipinski definition) is 4. The molecule has 0 saturated heterocycles. The van der Waals surface area contributed by atoms with Crippen LogP contribution in [0.25, 0.3) is 11.1 Å². The van der Waals surface area contributed by atoms with Crippen LogP contribution in [0.1, 0.15) is 27.0 Å². The zero-order valence-corrected chi connectivity index (χ0v) is 18.7. The molecule has 0 fully saturated rings. The minimum Gasteiger partial charge on any atom is -0.397 e. The van der Waals surface area contributed by atoms with Crippen molar-refractivity contribution >= 4 is 17.5 Å². The van der Waals surface area contributed by atoms with E-state index in [9.17, 15) is 9.59 Å². The molecule has 6 nitrogen and oxygen atoms in total. The van der Waals surface area contributed by atoms with Gasteiger partial charge < -0.3 is 16.4 Å². The highest BCUT2D eigenvalue weighted by Gasteiger charge is 2.10. The third kappa shape index (κ3) is 6.07. The monoisotopic (exact) mass is 450 g/mol. The van der Waals surface area contributed by atoms with Crippen LogP contribution in [-0.2, 0) is 19.5 Å². The predicted molar refractivity (Wildman–Crippen MR) is 134 cm³/mol. The summed E-state index contributed by atoms with van der Waals surface area (Å²) in [6, 6.07) is 27.0. The van der Waals surface area contributed by atoms with Crippen molar-refractivity contribution in [3.05, 3.63) is 120 Å². The summed E-state index contributed by atoms with van der Waals surface area (Å²) < 4.78 is 0. The van der Waals surface area contributed by atoms with E-state index in [-0.39, 0.29) is 18.2 Å². The summed E-state index contributed by atoms with van der Waals surface area (Å²) in [5, 5.41) is 5.71. The molecule has 2 amide bonds. The molecule has 0 spiro atoms. The topological polar surface area (TPSA) is 97.1 Å². The molecular weight excluding hydrogens is 424 g/mol. The Balaban J connectivity index is 1.23. The van der Waals surface area contributed by atoms with Crippen LogP contribution in [0, 0.1) is 0 Å². The van der Waals surface area contributed by atoms with E-state index in [1.54, 1.807) is 30.6 Å². The van der Waals surface area contributed by atoms with Crippen LogP contribution in [-0.4, -0.2) is 16.8 Å². The Hall–Kier alpha value is -4.45. The van der Waals surface area contributed by atoms with Gasteiger partial charge in [-0.2, -0.15) is 0 Å². The third-order valence-electron chi connectivity index (χ3n) is 5.54. The summed E-state index contributed by atoms with van der Waals surface area (Å²) in [7, 11) is 0. The van der Waals surface area contributed by atoms with Crippen molar-refractivity contribution in [2.45, 2.75) is 19.5 Å². The maximum absolute atomic E-state index is 12.5. The fourth-order valence-electron chi connectivity index (χ4n) is 3.55. The fourth-order valence-corrected chi connectivity index (χ4v) is 3.55. The molecule has 170 valence electrons. The molecule has 4 aromatic rings. The zero-order chi connectivity index (χ0) is 23.8. The first-order chi connectivity index (χ1) is 16.6. The largest absolute Gasteiger partial charge is 0.397 e. The molecule has 6 heteroatoms. The first kappa shape index (κ1) is 22.7. The van der Waals surface area contributed by atoms with Crippen LogP contribution in [0.15, 0.2) is 97.3 Å². The molecule has 1 aromatic heterocycles. The van der Waals surface area contributed by atoms with Gasteiger partial charge in [-0.15, -0.1) is 0 Å². The number of nitrogens with zero attached hydrogens (tertiary/aromatic N) is 1. The lowest BCUT2D eigenvalue weighted by Gasteiger charge is -2.09. The SMILES string of the molecule is Nc1cnccc1CC(=O)c1ccc(CNC(=O)NCc2ccc(-c3ccccc3)cc2)cc1. The first-order valence-electron chi connectivity index (χ1n) is 11.0. The molecule has 0 aliphatic heterocycles. The molecule has 0 radical (unpaired) electrons.